The molecular weight excluding hydrogens is 369 g/mol. The van der Waals surface area contributed by atoms with Gasteiger partial charge in [0.25, 0.3) is 0 Å². The monoisotopic (exact) mass is 391 g/mol. The number of nitrogens with two attached hydrogens (primary N) is 1. The van der Waals surface area contributed by atoms with Crippen LogP contribution in [0.25, 0.3) is 10.8 Å². The number of thiophene rings is 1. The van der Waals surface area contributed by atoms with Crippen LogP contribution in [0.1, 0.15) is 37.1 Å². The van der Waals surface area contributed by atoms with Crippen molar-refractivity contribution >= 4 is 42.1 Å². The summed E-state index contributed by atoms with van der Waals surface area (Å²) in [5.74, 6) is 1.32. The van der Waals surface area contributed by atoms with Crippen LogP contribution in [0, 0.1) is 6.92 Å². The van der Waals surface area contributed by atoms with Crippen LogP contribution in [0.15, 0.2) is 21.9 Å². The number of carbonyl (C=O) groups is 1. The Morgan fingerprint density at radius 2 is 2.08 bits per heavy atom. The van der Waals surface area contributed by atoms with E-state index in [1.807, 2.05) is 24.4 Å². The van der Waals surface area contributed by atoms with Gasteiger partial charge in [-0.15, -0.1) is 36.2 Å². The number of nitrogens with one attached hydrogen (secondary N) is 1. The molecule has 2 heterocycles. The number of aromatic nitrogens is 1. The van der Waals surface area contributed by atoms with Gasteiger partial charge in [-0.3, -0.25) is 4.79 Å². The van der Waals surface area contributed by atoms with E-state index in [4.69, 9.17) is 10.2 Å². The minimum absolute atomic E-state index is 0. The van der Waals surface area contributed by atoms with Gasteiger partial charge in [-0.25, -0.2) is 4.98 Å². The lowest BCUT2D eigenvalue weighted by atomic mass is 9.92. The third-order valence-electron chi connectivity index (χ3n) is 4.09. The van der Waals surface area contributed by atoms with Crippen molar-refractivity contribution in [3.8, 4) is 10.8 Å². The molecule has 24 heavy (non-hydrogen) atoms. The molecule has 2 aromatic rings. The van der Waals surface area contributed by atoms with Crippen LogP contribution < -0.4 is 11.1 Å². The van der Waals surface area contributed by atoms with E-state index >= 15 is 0 Å². The number of carbonyl (C=O) groups excluding carboxylic acids is 1. The van der Waals surface area contributed by atoms with E-state index in [9.17, 15) is 4.79 Å². The second-order valence-corrected chi connectivity index (χ2v) is 6.80. The van der Waals surface area contributed by atoms with Gasteiger partial charge in [0.1, 0.15) is 5.76 Å². The van der Waals surface area contributed by atoms with Crippen LogP contribution in [0.2, 0.25) is 0 Å². The molecule has 134 valence electrons. The first-order valence-electron chi connectivity index (χ1n) is 7.67. The first-order chi connectivity index (χ1) is 10.6. The van der Waals surface area contributed by atoms with Crippen molar-refractivity contribution in [3.63, 3.8) is 0 Å². The van der Waals surface area contributed by atoms with E-state index in [2.05, 4.69) is 10.3 Å². The van der Waals surface area contributed by atoms with Crippen LogP contribution in [0.4, 0.5) is 0 Å². The lowest BCUT2D eigenvalue weighted by Crippen LogP contribution is -2.41. The van der Waals surface area contributed by atoms with E-state index in [0.717, 1.165) is 30.6 Å². The minimum atomic E-state index is 0. The van der Waals surface area contributed by atoms with Crippen LogP contribution in [0.3, 0.4) is 0 Å². The van der Waals surface area contributed by atoms with E-state index in [0.29, 0.717) is 23.4 Å². The first kappa shape index (κ1) is 21.0. The van der Waals surface area contributed by atoms with Crippen molar-refractivity contribution in [1.29, 1.82) is 0 Å². The van der Waals surface area contributed by atoms with Gasteiger partial charge in [0, 0.05) is 12.1 Å². The molecule has 2 aromatic heterocycles. The lowest BCUT2D eigenvalue weighted by molar-refractivity contribution is -0.121. The van der Waals surface area contributed by atoms with Gasteiger partial charge in [0.05, 0.1) is 17.0 Å². The maximum atomic E-state index is 12.2. The number of nitrogens with zero attached hydrogens (tertiary/aromatic N) is 1. The van der Waals surface area contributed by atoms with Crippen molar-refractivity contribution in [1.82, 2.24) is 10.3 Å². The fourth-order valence-corrected chi connectivity index (χ4v) is 3.44. The molecule has 3 rings (SSSR count). The molecule has 8 heteroatoms. The van der Waals surface area contributed by atoms with E-state index in [-0.39, 0.29) is 43.2 Å². The number of hydrogen-bond donors (Lipinski definition) is 2. The van der Waals surface area contributed by atoms with Gasteiger partial charge in [-0.1, -0.05) is 6.07 Å². The molecule has 1 fully saturated rings. The summed E-state index contributed by atoms with van der Waals surface area (Å²) in [4.78, 5) is 17.6. The summed E-state index contributed by atoms with van der Waals surface area (Å²) in [7, 11) is 0. The zero-order valence-electron chi connectivity index (χ0n) is 13.5. The second-order valence-electron chi connectivity index (χ2n) is 5.86. The SMILES string of the molecule is Cc1oc(-c2cccs2)nc1CC(=O)NC1CCC(N)CC1.Cl.Cl. The smallest absolute Gasteiger partial charge is 0.236 e. The van der Waals surface area contributed by atoms with E-state index in [1.54, 1.807) is 11.3 Å². The Balaban J connectivity index is 0.00000144. The summed E-state index contributed by atoms with van der Waals surface area (Å²) < 4.78 is 5.67. The summed E-state index contributed by atoms with van der Waals surface area (Å²) in [6.45, 7) is 1.85. The fourth-order valence-electron chi connectivity index (χ4n) is 2.79. The molecule has 1 saturated carbocycles. The summed E-state index contributed by atoms with van der Waals surface area (Å²) >= 11 is 1.58. The van der Waals surface area contributed by atoms with Gasteiger partial charge >= 0.3 is 0 Å². The molecule has 0 saturated heterocycles. The van der Waals surface area contributed by atoms with Crippen LogP contribution >= 0.6 is 36.2 Å². The quantitative estimate of drug-likeness (QED) is 0.835. The summed E-state index contributed by atoms with van der Waals surface area (Å²) in [5.41, 5.74) is 6.60. The first-order valence-corrected chi connectivity index (χ1v) is 8.55. The fraction of sp³-hybridized carbons (Fsp3) is 0.500. The standard InChI is InChI=1S/C16H21N3O2S.2ClH/c1-10-13(19-16(21-10)14-3-2-8-22-14)9-15(20)18-12-6-4-11(17)5-7-12;;/h2-3,8,11-12H,4-7,9,17H2,1H3,(H,18,20);2*1H. The predicted molar refractivity (Wildman–Crippen MR) is 101 cm³/mol. The normalized spacial score (nSPS) is 19.9. The van der Waals surface area contributed by atoms with Gasteiger partial charge < -0.3 is 15.5 Å². The Bertz CT molecular complexity index is 638. The molecule has 3 N–H and O–H groups in total. The number of hydrogen-bond acceptors (Lipinski definition) is 5. The highest BCUT2D eigenvalue weighted by molar-refractivity contribution is 7.13. The van der Waals surface area contributed by atoms with Crippen molar-refractivity contribution < 1.29 is 9.21 Å². The Morgan fingerprint density at radius 1 is 1.38 bits per heavy atom. The Morgan fingerprint density at radius 3 is 2.71 bits per heavy atom. The largest absolute Gasteiger partial charge is 0.440 e. The number of oxazole rings is 1. The summed E-state index contributed by atoms with van der Waals surface area (Å²) in [6, 6.07) is 4.46. The number of amides is 1. The molecule has 1 aliphatic carbocycles. The molecule has 0 unspecified atom stereocenters. The van der Waals surface area contributed by atoms with Crippen LogP contribution in [0.5, 0.6) is 0 Å². The maximum Gasteiger partial charge on any atom is 0.236 e. The maximum absolute atomic E-state index is 12.2. The third-order valence-corrected chi connectivity index (χ3v) is 4.95. The van der Waals surface area contributed by atoms with Crippen molar-refractivity contribution in [2.75, 3.05) is 0 Å². The zero-order valence-corrected chi connectivity index (χ0v) is 15.9. The Hall–Kier alpha value is -1.08. The molecule has 0 atom stereocenters. The Labute approximate surface area is 158 Å². The average Bonchev–Trinajstić information content (AvgIpc) is 3.12. The highest BCUT2D eigenvalue weighted by atomic mass is 35.5. The highest BCUT2D eigenvalue weighted by Crippen LogP contribution is 2.26. The number of aryl methyl sites for hydroxylation is 1. The van der Waals surface area contributed by atoms with Gasteiger partial charge in [-0.05, 0) is 44.1 Å². The molecule has 0 radical (unpaired) electrons. The van der Waals surface area contributed by atoms with E-state index in [1.165, 1.54) is 0 Å². The number of rotatable bonds is 4. The number of halogens is 2. The molecular formula is C16H23Cl2N3O2S. The topological polar surface area (TPSA) is 81.2 Å². The third kappa shape index (κ3) is 5.21. The zero-order chi connectivity index (χ0) is 15.5. The molecule has 1 amide bonds. The second kappa shape index (κ2) is 9.42. The molecule has 1 aliphatic rings. The molecule has 0 aromatic carbocycles. The van der Waals surface area contributed by atoms with E-state index < -0.39 is 0 Å². The van der Waals surface area contributed by atoms with Crippen molar-refractivity contribution in [2.24, 2.45) is 5.73 Å². The molecule has 0 bridgehead atoms. The van der Waals surface area contributed by atoms with Crippen molar-refractivity contribution in [3.05, 3.63) is 29.0 Å². The molecule has 0 spiro atoms. The molecule has 0 aliphatic heterocycles. The lowest BCUT2D eigenvalue weighted by Gasteiger charge is -2.26. The minimum Gasteiger partial charge on any atom is -0.440 e. The van der Waals surface area contributed by atoms with Gasteiger partial charge in [0.2, 0.25) is 11.8 Å². The van der Waals surface area contributed by atoms with Gasteiger partial charge in [-0.2, -0.15) is 0 Å². The van der Waals surface area contributed by atoms with Gasteiger partial charge in [0.15, 0.2) is 0 Å². The molecule has 5 nitrogen and oxygen atoms in total. The van der Waals surface area contributed by atoms with Crippen molar-refractivity contribution in [2.45, 2.75) is 51.1 Å². The predicted octanol–water partition coefficient (Wildman–Crippen LogP) is 3.48. The summed E-state index contributed by atoms with van der Waals surface area (Å²) in [5, 5.41) is 5.07. The summed E-state index contributed by atoms with van der Waals surface area (Å²) in [6.07, 6.45) is 4.16. The van der Waals surface area contributed by atoms with Crippen LogP contribution in [-0.2, 0) is 11.2 Å². The average molecular weight is 392 g/mol. The Kier molecular flexibility index (Phi) is 8.22. The van der Waals surface area contributed by atoms with Crippen LogP contribution in [-0.4, -0.2) is 23.0 Å². The highest BCUT2D eigenvalue weighted by Gasteiger charge is 2.21.